The Hall–Kier alpha value is -0.650. The van der Waals surface area contributed by atoms with Gasteiger partial charge in [-0.2, -0.15) is 0 Å². The minimum absolute atomic E-state index is 0.111. The van der Waals surface area contributed by atoms with Crippen LogP contribution in [0.5, 0.6) is 0 Å². The fourth-order valence-corrected chi connectivity index (χ4v) is 2.35. The molecule has 1 rings (SSSR count). The molecule has 5 nitrogen and oxygen atoms in total. The zero-order valence-corrected chi connectivity index (χ0v) is 12.5. The van der Waals surface area contributed by atoms with Crippen molar-refractivity contribution in [2.24, 2.45) is 0 Å². The van der Waals surface area contributed by atoms with Gasteiger partial charge in [-0.3, -0.25) is 9.69 Å². The van der Waals surface area contributed by atoms with Gasteiger partial charge in [0.25, 0.3) is 5.91 Å². The summed E-state index contributed by atoms with van der Waals surface area (Å²) in [6.07, 6.45) is 0.954. The number of carbonyl (C=O) groups is 1. The molecule has 0 aromatic carbocycles. The van der Waals surface area contributed by atoms with Crippen molar-refractivity contribution in [1.29, 1.82) is 0 Å². The summed E-state index contributed by atoms with van der Waals surface area (Å²) in [5.74, 6) is 0.111. The van der Waals surface area contributed by atoms with Gasteiger partial charge in [-0.15, -0.1) is 0 Å². The molecule has 5 heteroatoms. The minimum Gasteiger partial charge on any atom is -0.392 e. The molecule has 2 atom stereocenters. The van der Waals surface area contributed by atoms with Crippen molar-refractivity contribution in [1.82, 2.24) is 9.80 Å². The molecule has 0 spiro atoms. The molecular formula is C14H28N2O3. The maximum atomic E-state index is 12.2. The van der Waals surface area contributed by atoms with Crippen molar-refractivity contribution in [2.75, 3.05) is 39.3 Å². The van der Waals surface area contributed by atoms with E-state index in [1.165, 1.54) is 0 Å². The molecular weight excluding hydrogens is 244 g/mol. The number of ether oxygens (including phenoxy) is 1. The Balaban J connectivity index is 2.38. The molecule has 1 fully saturated rings. The van der Waals surface area contributed by atoms with E-state index in [9.17, 15) is 9.90 Å². The van der Waals surface area contributed by atoms with E-state index in [-0.39, 0.29) is 18.1 Å². The monoisotopic (exact) mass is 272 g/mol. The molecule has 0 unspecified atom stereocenters. The van der Waals surface area contributed by atoms with Crippen LogP contribution in [0.3, 0.4) is 0 Å². The van der Waals surface area contributed by atoms with E-state index in [0.29, 0.717) is 13.2 Å². The van der Waals surface area contributed by atoms with Crippen LogP contribution in [0.15, 0.2) is 0 Å². The van der Waals surface area contributed by atoms with Gasteiger partial charge in [-0.25, -0.2) is 0 Å². The van der Waals surface area contributed by atoms with Crippen molar-refractivity contribution < 1.29 is 14.6 Å². The largest absolute Gasteiger partial charge is 0.392 e. The van der Waals surface area contributed by atoms with E-state index in [0.717, 1.165) is 39.0 Å². The predicted octanol–water partition coefficient (Wildman–Crippen LogP) is 0.717. The Morgan fingerprint density at radius 3 is 2.26 bits per heavy atom. The summed E-state index contributed by atoms with van der Waals surface area (Å²) in [7, 11) is 0. The quantitative estimate of drug-likeness (QED) is 0.742. The van der Waals surface area contributed by atoms with E-state index in [1.807, 2.05) is 25.7 Å². The van der Waals surface area contributed by atoms with Gasteiger partial charge in [-0.1, -0.05) is 13.8 Å². The Morgan fingerprint density at radius 2 is 1.79 bits per heavy atom. The molecule has 0 bridgehead atoms. The lowest BCUT2D eigenvalue weighted by Gasteiger charge is -2.36. The smallest absolute Gasteiger partial charge is 0.251 e. The second-order valence-corrected chi connectivity index (χ2v) is 5.04. The first-order valence-corrected chi connectivity index (χ1v) is 7.43. The summed E-state index contributed by atoms with van der Waals surface area (Å²) in [6.45, 7) is 10.3. The van der Waals surface area contributed by atoms with Crippen LogP contribution in [0, 0.1) is 0 Å². The van der Waals surface area contributed by atoms with E-state index in [1.54, 1.807) is 0 Å². The zero-order valence-electron chi connectivity index (χ0n) is 12.5. The van der Waals surface area contributed by atoms with Crippen LogP contribution in [0.4, 0.5) is 0 Å². The van der Waals surface area contributed by atoms with Crippen molar-refractivity contribution in [3.05, 3.63) is 0 Å². The molecule has 1 amide bonds. The molecule has 0 aliphatic carbocycles. The van der Waals surface area contributed by atoms with Crippen LogP contribution < -0.4 is 0 Å². The molecule has 1 N–H and O–H groups in total. The van der Waals surface area contributed by atoms with E-state index in [4.69, 9.17) is 4.74 Å². The predicted molar refractivity (Wildman–Crippen MR) is 75.0 cm³/mol. The van der Waals surface area contributed by atoms with Gasteiger partial charge in [0, 0.05) is 39.3 Å². The van der Waals surface area contributed by atoms with Gasteiger partial charge in [0.05, 0.1) is 6.10 Å². The topological polar surface area (TPSA) is 53.0 Å². The van der Waals surface area contributed by atoms with Crippen molar-refractivity contribution in [3.63, 3.8) is 0 Å². The fraction of sp³-hybridized carbons (Fsp3) is 0.929. The fourth-order valence-electron chi connectivity index (χ4n) is 2.35. The van der Waals surface area contributed by atoms with Crippen LogP contribution in [-0.4, -0.2) is 72.4 Å². The maximum absolute atomic E-state index is 12.2. The second kappa shape index (κ2) is 8.51. The normalized spacial score (nSPS) is 20.3. The highest BCUT2D eigenvalue weighted by atomic mass is 16.5. The first kappa shape index (κ1) is 16.4. The number of piperazine rings is 1. The first-order chi connectivity index (χ1) is 9.12. The Morgan fingerprint density at radius 1 is 1.16 bits per heavy atom. The number of aliphatic hydroxyl groups excluding tert-OH is 1. The molecule has 0 saturated carbocycles. The highest BCUT2D eigenvalue weighted by Crippen LogP contribution is 2.09. The Kier molecular flexibility index (Phi) is 7.34. The standard InChI is InChI=1S/C14H28N2O3/c1-4-12(17)11-15-7-9-16(10-8-15)14(18)13(5-2)19-6-3/h12-13,17H,4-11H2,1-3H3/t12-,13+/m1/s1. The Bertz CT molecular complexity index is 265. The molecule has 0 aromatic rings. The summed E-state index contributed by atoms with van der Waals surface area (Å²) in [6, 6.07) is 0. The van der Waals surface area contributed by atoms with Crippen LogP contribution in [0.1, 0.15) is 33.6 Å². The molecule has 1 aliphatic rings. The number of carbonyl (C=O) groups excluding carboxylic acids is 1. The molecule has 112 valence electrons. The lowest BCUT2D eigenvalue weighted by Crippen LogP contribution is -2.52. The highest BCUT2D eigenvalue weighted by molar-refractivity contribution is 5.81. The number of hydrogen-bond acceptors (Lipinski definition) is 4. The third-order valence-electron chi connectivity index (χ3n) is 3.64. The third kappa shape index (κ3) is 5.09. The van der Waals surface area contributed by atoms with Crippen LogP contribution in [0.25, 0.3) is 0 Å². The summed E-state index contributed by atoms with van der Waals surface area (Å²) in [4.78, 5) is 16.3. The van der Waals surface area contributed by atoms with Crippen LogP contribution >= 0.6 is 0 Å². The Labute approximate surface area is 116 Å². The van der Waals surface area contributed by atoms with Gasteiger partial charge in [0.2, 0.25) is 0 Å². The number of rotatable bonds is 7. The van der Waals surface area contributed by atoms with Gasteiger partial charge in [0.15, 0.2) is 0 Å². The summed E-state index contributed by atoms with van der Waals surface area (Å²) in [5.41, 5.74) is 0. The number of amides is 1. The number of hydrogen-bond donors (Lipinski definition) is 1. The summed E-state index contributed by atoms with van der Waals surface area (Å²) >= 11 is 0. The zero-order chi connectivity index (χ0) is 14.3. The van der Waals surface area contributed by atoms with Crippen molar-refractivity contribution in [2.45, 2.75) is 45.8 Å². The second-order valence-electron chi connectivity index (χ2n) is 5.04. The average Bonchev–Trinajstić information content (AvgIpc) is 2.44. The summed E-state index contributed by atoms with van der Waals surface area (Å²) < 4.78 is 5.47. The van der Waals surface area contributed by atoms with E-state index >= 15 is 0 Å². The molecule has 1 saturated heterocycles. The maximum Gasteiger partial charge on any atom is 0.251 e. The third-order valence-corrected chi connectivity index (χ3v) is 3.64. The molecule has 1 aliphatic heterocycles. The summed E-state index contributed by atoms with van der Waals surface area (Å²) in [5, 5.41) is 9.64. The SMILES string of the molecule is CCO[C@@H](CC)C(=O)N1CCN(C[C@H](O)CC)CC1. The molecule has 0 aromatic heterocycles. The van der Waals surface area contributed by atoms with Crippen molar-refractivity contribution in [3.8, 4) is 0 Å². The van der Waals surface area contributed by atoms with Gasteiger partial charge < -0.3 is 14.7 Å². The van der Waals surface area contributed by atoms with Crippen LogP contribution in [-0.2, 0) is 9.53 Å². The van der Waals surface area contributed by atoms with Gasteiger partial charge in [-0.05, 0) is 19.8 Å². The highest BCUT2D eigenvalue weighted by Gasteiger charge is 2.27. The number of nitrogens with zero attached hydrogens (tertiary/aromatic N) is 2. The van der Waals surface area contributed by atoms with Crippen molar-refractivity contribution >= 4 is 5.91 Å². The lowest BCUT2D eigenvalue weighted by atomic mass is 10.2. The van der Waals surface area contributed by atoms with Gasteiger partial charge >= 0.3 is 0 Å². The average molecular weight is 272 g/mol. The van der Waals surface area contributed by atoms with Gasteiger partial charge in [0.1, 0.15) is 6.10 Å². The first-order valence-electron chi connectivity index (χ1n) is 7.43. The number of aliphatic hydroxyl groups is 1. The number of β-amino-alcohol motifs (C(OH)–C–C–N with tert-alkyl or cyclic N) is 1. The molecule has 19 heavy (non-hydrogen) atoms. The van der Waals surface area contributed by atoms with E-state index in [2.05, 4.69) is 4.90 Å². The van der Waals surface area contributed by atoms with Crippen LogP contribution in [0.2, 0.25) is 0 Å². The lowest BCUT2D eigenvalue weighted by molar-refractivity contribution is -0.145. The van der Waals surface area contributed by atoms with E-state index < -0.39 is 0 Å². The molecule has 1 heterocycles. The minimum atomic E-state index is -0.294. The molecule has 0 radical (unpaired) electrons.